The van der Waals surface area contributed by atoms with Crippen molar-refractivity contribution in [2.75, 3.05) is 38.1 Å². The molecule has 0 unspecified atom stereocenters. The van der Waals surface area contributed by atoms with E-state index in [1.807, 2.05) is 6.07 Å². The van der Waals surface area contributed by atoms with Crippen molar-refractivity contribution in [3.05, 3.63) is 65.7 Å². The average molecular weight is 381 g/mol. The van der Waals surface area contributed by atoms with Gasteiger partial charge in [0.1, 0.15) is 0 Å². The number of carbonyl (C=O) groups is 3. The van der Waals surface area contributed by atoms with Crippen LogP contribution >= 0.6 is 0 Å². The van der Waals surface area contributed by atoms with Gasteiger partial charge in [0.05, 0.1) is 6.61 Å². The molecule has 1 N–H and O–H groups in total. The van der Waals surface area contributed by atoms with Crippen LogP contribution in [0, 0.1) is 0 Å². The zero-order valence-corrected chi connectivity index (χ0v) is 15.8. The zero-order valence-electron chi connectivity index (χ0n) is 15.8. The molecule has 1 fully saturated rings. The van der Waals surface area contributed by atoms with Gasteiger partial charge in [0, 0.05) is 43.0 Å². The summed E-state index contributed by atoms with van der Waals surface area (Å²) < 4.78 is 4.99. The lowest BCUT2D eigenvalue weighted by atomic mass is 10.1. The van der Waals surface area contributed by atoms with Gasteiger partial charge in [0.15, 0.2) is 0 Å². The molecule has 0 saturated carbocycles. The SMILES string of the molecule is CCOC(=O)N1CCN(C(=O)c2cccc(NC(=O)c3ccccc3)c2)CC1. The van der Waals surface area contributed by atoms with Gasteiger partial charge in [0.25, 0.3) is 11.8 Å². The molecule has 1 saturated heterocycles. The molecular formula is C21H23N3O4. The molecule has 7 heteroatoms. The van der Waals surface area contributed by atoms with E-state index >= 15 is 0 Å². The largest absolute Gasteiger partial charge is 0.450 e. The number of piperazine rings is 1. The number of ether oxygens (including phenoxy) is 1. The van der Waals surface area contributed by atoms with Crippen LogP contribution < -0.4 is 5.32 Å². The Kier molecular flexibility index (Phi) is 6.26. The molecule has 0 atom stereocenters. The Hall–Kier alpha value is -3.35. The number of amides is 3. The van der Waals surface area contributed by atoms with Crippen molar-refractivity contribution in [2.24, 2.45) is 0 Å². The molecule has 1 heterocycles. The molecule has 3 amide bonds. The normalized spacial score (nSPS) is 13.8. The third-order valence-electron chi connectivity index (χ3n) is 4.50. The molecule has 2 aromatic rings. The molecule has 2 aromatic carbocycles. The first-order valence-corrected chi connectivity index (χ1v) is 9.26. The summed E-state index contributed by atoms with van der Waals surface area (Å²) in [5.74, 6) is -0.354. The number of hydrogen-bond donors (Lipinski definition) is 1. The molecule has 0 bridgehead atoms. The van der Waals surface area contributed by atoms with Crippen LogP contribution in [0.15, 0.2) is 54.6 Å². The number of rotatable bonds is 4. The molecule has 1 aliphatic heterocycles. The summed E-state index contributed by atoms with van der Waals surface area (Å²) in [6.45, 7) is 3.86. The van der Waals surface area contributed by atoms with Gasteiger partial charge in [-0.15, -0.1) is 0 Å². The minimum absolute atomic E-state index is 0.126. The lowest BCUT2D eigenvalue weighted by Gasteiger charge is -2.34. The quantitative estimate of drug-likeness (QED) is 0.883. The Morgan fingerprint density at radius 3 is 2.21 bits per heavy atom. The molecule has 0 aliphatic carbocycles. The van der Waals surface area contributed by atoms with Crippen molar-refractivity contribution in [1.29, 1.82) is 0 Å². The minimum Gasteiger partial charge on any atom is -0.450 e. The standard InChI is InChI=1S/C21H23N3O4/c1-2-28-21(27)24-13-11-23(12-14-24)20(26)17-9-6-10-18(15-17)22-19(25)16-7-4-3-5-8-16/h3-10,15H,2,11-14H2,1H3,(H,22,25). The van der Waals surface area contributed by atoms with E-state index in [-0.39, 0.29) is 17.9 Å². The van der Waals surface area contributed by atoms with E-state index < -0.39 is 0 Å². The lowest BCUT2D eigenvalue weighted by molar-refractivity contribution is 0.0570. The minimum atomic E-state index is -0.347. The van der Waals surface area contributed by atoms with Crippen LogP contribution in [0.25, 0.3) is 0 Å². The van der Waals surface area contributed by atoms with Gasteiger partial charge in [0.2, 0.25) is 0 Å². The van der Waals surface area contributed by atoms with E-state index in [0.29, 0.717) is 49.6 Å². The molecule has 3 rings (SSSR count). The second-order valence-electron chi connectivity index (χ2n) is 6.38. The second-order valence-corrected chi connectivity index (χ2v) is 6.38. The van der Waals surface area contributed by atoms with Crippen LogP contribution in [0.5, 0.6) is 0 Å². The number of nitrogens with zero attached hydrogens (tertiary/aromatic N) is 2. The Morgan fingerprint density at radius 1 is 0.893 bits per heavy atom. The molecule has 146 valence electrons. The van der Waals surface area contributed by atoms with Crippen LogP contribution in [0.1, 0.15) is 27.6 Å². The topological polar surface area (TPSA) is 79.0 Å². The molecule has 28 heavy (non-hydrogen) atoms. The second kappa shape index (κ2) is 9.03. The first-order valence-electron chi connectivity index (χ1n) is 9.26. The van der Waals surface area contributed by atoms with E-state index in [1.165, 1.54) is 0 Å². The highest BCUT2D eigenvalue weighted by Gasteiger charge is 2.25. The van der Waals surface area contributed by atoms with Crippen LogP contribution in [-0.4, -0.2) is 60.5 Å². The number of hydrogen-bond acceptors (Lipinski definition) is 4. The van der Waals surface area contributed by atoms with E-state index in [2.05, 4.69) is 5.32 Å². The van der Waals surface area contributed by atoms with Gasteiger partial charge in [-0.25, -0.2) is 4.79 Å². The van der Waals surface area contributed by atoms with Crippen LogP contribution in [0.4, 0.5) is 10.5 Å². The number of anilines is 1. The maximum atomic E-state index is 12.8. The fourth-order valence-electron chi connectivity index (χ4n) is 3.01. The Morgan fingerprint density at radius 2 is 1.54 bits per heavy atom. The molecule has 0 spiro atoms. The monoisotopic (exact) mass is 381 g/mol. The molecule has 0 aromatic heterocycles. The molecular weight excluding hydrogens is 358 g/mol. The predicted octanol–water partition coefficient (Wildman–Crippen LogP) is 2.85. The molecule has 1 aliphatic rings. The summed E-state index contributed by atoms with van der Waals surface area (Å²) in [6.07, 6.45) is -0.347. The zero-order chi connectivity index (χ0) is 19.9. The van der Waals surface area contributed by atoms with Crippen molar-refractivity contribution in [2.45, 2.75) is 6.92 Å². The highest BCUT2D eigenvalue weighted by Crippen LogP contribution is 2.15. The maximum Gasteiger partial charge on any atom is 0.409 e. The summed E-state index contributed by atoms with van der Waals surface area (Å²) >= 11 is 0. The van der Waals surface area contributed by atoms with Gasteiger partial charge in [-0.3, -0.25) is 9.59 Å². The molecule has 0 radical (unpaired) electrons. The Labute approximate surface area is 163 Å². The van der Waals surface area contributed by atoms with Crippen molar-refractivity contribution in [3.8, 4) is 0 Å². The van der Waals surface area contributed by atoms with Crippen LogP contribution in [0.2, 0.25) is 0 Å². The summed E-state index contributed by atoms with van der Waals surface area (Å²) in [6, 6.07) is 15.8. The number of benzene rings is 2. The van der Waals surface area contributed by atoms with E-state index in [1.54, 1.807) is 65.3 Å². The third kappa shape index (κ3) is 4.68. The van der Waals surface area contributed by atoms with Gasteiger partial charge < -0.3 is 19.9 Å². The van der Waals surface area contributed by atoms with Crippen molar-refractivity contribution >= 4 is 23.6 Å². The first kappa shape index (κ1) is 19.4. The average Bonchev–Trinajstić information content (AvgIpc) is 2.74. The van der Waals surface area contributed by atoms with E-state index in [4.69, 9.17) is 4.74 Å². The number of carbonyl (C=O) groups excluding carboxylic acids is 3. The smallest absolute Gasteiger partial charge is 0.409 e. The summed E-state index contributed by atoms with van der Waals surface area (Å²) in [4.78, 5) is 40.2. The molecule has 7 nitrogen and oxygen atoms in total. The Bertz CT molecular complexity index is 846. The van der Waals surface area contributed by atoms with Crippen molar-refractivity contribution < 1.29 is 19.1 Å². The third-order valence-corrected chi connectivity index (χ3v) is 4.50. The maximum absolute atomic E-state index is 12.8. The van der Waals surface area contributed by atoms with Crippen molar-refractivity contribution in [1.82, 2.24) is 9.80 Å². The van der Waals surface area contributed by atoms with Gasteiger partial charge in [-0.1, -0.05) is 24.3 Å². The van der Waals surface area contributed by atoms with E-state index in [0.717, 1.165) is 0 Å². The fourth-order valence-corrected chi connectivity index (χ4v) is 3.01. The number of nitrogens with one attached hydrogen (secondary N) is 1. The van der Waals surface area contributed by atoms with Crippen molar-refractivity contribution in [3.63, 3.8) is 0 Å². The highest BCUT2D eigenvalue weighted by molar-refractivity contribution is 6.05. The van der Waals surface area contributed by atoms with E-state index in [9.17, 15) is 14.4 Å². The van der Waals surface area contributed by atoms with Crippen LogP contribution in [-0.2, 0) is 4.74 Å². The highest BCUT2D eigenvalue weighted by atomic mass is 16.6. The fraction of sp³-hybridized carbons (Fsp3) is 0.286. The van der Waals surface area contributed by atoms with Crippen LogP contribution in [0.3, 0.4) is 0 Å². The van der Waals surface area contributed by atoms with Gasteiger partial charge in [-0.05, 0) is 37.3 Å². The summed E-state index contributed by atoms with van der Waals surface area (Å²) in [7, 11) is 0. The predicted molar refractivity (Wildman–Crippen MR) is 105 cm³/mol. The lowest BCUT2D eigenvalue weighted by Crippen LogP contribution is -2.50. The first-order chi connectivity index (χ1) is 13.6. The summed E-state index contributed by atoms with van der Waals surface area (Å²) in [5.41, 5.74) is 1.61. The summed E-state index contributed by atoms with van der Waals surface area (Å²) in [5, 5.41) is 2.81. The Balaban J connectivity index is 1.61. The van der Waals surface area contributed by atoms with Gasteiger partial charge >= 0.3 is 6.09 Å². The van der Waals surface area contributed by atoms with Gasteiger partial charge in [-0.2, -0.15) is 0 Å².